The number of likely N-dealkylation sites (tertiary alicyclic amines) is 1. The van der Waals surface area contributed by atoms with Gasteiger partial charge in [0, 0.05) is 36.6 Å². The molecule has 4 aromatic rings. The van der Waals surface area contributed by atoms with Crippen LogP contribution in [0.3, 0.4) is 0 Å². The van der Waals surface area contributed by atoms with Gasteiger partial charge in [-0.05, 0) is 62.3 Å². The van der Waals surface area contributed by atoms with Crippen molar-refractivity contribution in [2.24, 2.45) is 11.7 Å². The molecule has 2 aromatic heterocycles. The summed E-state index contributed by atoms with van der Waals surface area (Å²) >= 11 is 0. The summed E-state index contributed by atoms with van der Waals surface area (Å²) in [6.07, 6.45) is 4.51. The average Bonchev–Trinajstić information content (AvgIpc) is 3.50. The molecule has 1 saturated heterocycles. The maximum Gasteiger partial charge on any atom is 0.254 e. The highest BCUT2D eigenvalue weighted by atomic mass is 16.5. The molecule has 2 fully saturated rings. The number of imidazole rings is 1. The topological polar surface area (TPSA) is 78.3 Å². The van der Waals surface area contributed by atoms with Crippen LogP contribution in [0.25, 0.3) is 33.5 Å². The van der Waals surface area contributed by atoms with Crippen LogP contribution in [0.2, 0.25) is 0 Å². The maximum atomic E-state index is 13.4. The Morgan fingerprint density at radius 2 is 2.03 bits per heavy atom. The van der Waals surface area contributed by atoms with Crippen LogP contribution in [0.15, 0.2) is 36.4 Å². The van der Waals surface area contributed by atoms with Crippen LogP contribution in [0.4, 0.5) is 0 Å². The lowest BCUT2D eigenvalue weighted by atomic mass is 10.0. The number of piperidine rings is 1. The number of amides is 1. The molecule has 0 bridgehead atoms. The Bertz CT molecular complexity index is 1480. The van der Waals surface area contributed by atoms with Crippen molar-refractivity contribution in [2.75, 3.05) is 19.7 Å². The fraction of sp³-hybridized carbons (Fsp3) is 0.429. The van der Waals surface area contributed by atoms with Crippen molar-refractivity contribution in [3.63, 3.8) is 0 Å². The second kappa shape index (κ2) is 7.85. The quantitative estimate of drug-likeness (QED) is 0.483. The number of aromatic nitrogens is 3. The number of rotatable bonds is 4. The SMILES string of the molecule is Cc1cccc2cc(-c3nc4cc(C(=O)N5CCCC(N)C5)cc5c4n3CCO5)n(CC3CC3)c12. The van der Waals surface area contributed by atoms with Crippen molar-refractivity contribution in [3.8, 4) is 17.3 Å². The fourth-order valence-corrected chi connectivity index (χ4v) is 5.95. The second-order valence-electron chi connectivity index (χ2n) is 10.5. The lowest BCUT2D eigenvalue weighted by molar-refractivity contribution is 0.0708. The lowest BCUT2D eigenvalue weighted by Gasteiger charge is -2.31. The molecule has 2 aromatic carbocycles. The maximum absolute atomic E-state index is 13.4. The summed E-state index contributed by atoms with van der Waals surface area (Å²) in [5.41, 5.74) is 12.3. The van der Waals surface area contributed by atoms with Crippen LogP contribution in [-0.4, -0.2) is 50.7 Å². The van der Waals surface area contributed by atoms with Gasteiger partial charge in [0.2, 0.25) is 0 Å². The van der Waals surface area contributed by atoms with Crippen molar-refractivity contribution < 1.29 is 9.53 Å². The van der Waals surface area contributed by atoms with E-state index in [0.717, 1.165) is 66.7 Å². The van der Waals surface area contributed by atoms with Gasteiger partial charge in [0.1, 0.15) is 17.9 Å². The molecule has 7 nitrogen and oxygen atoms in total. The van der Waals surface area contributed by atoms with Crippen LogP contribution < -0.4 is 10.5 Å². The molecule has 0 radical (unpaired) electrons. The van der Waals surface area contributed by atoms with Crippen molar-refractivity contribution in [2.45, 2.75) is 51.7 Å². The van der Waals surface area contributed by atoms with Crippen molar-refractivity contribution in [1.29, 1.82) is 0 Å². The lowest BCUT2D eigenvalue weighted by Crippen LogP contribution is -2.45. The first-order valence-electron chi connectivity index (χ1n) is 12.9. The number of hydrogen-bond donors (Lipinski definition) is 1. The summed E-state index contributed by atoms with van der Waals surface area (Å²) in [6.45, 7) is 5.89. The highest BCUT2D eigenvalue weighted by molar-refractivity contribution is 6.00. The van der Waals surface area contributed by atoms with E-state index in [2.05, 4.69) is 40.3 Å². The van der Waals surface area contributed by atoms with Crippen LogP contribution in [-0.2, 0) is 13.1 Å². The van der Waals surface area contributed by atoms with Gasteiger partial charge in [-0.1, -0.05) is 18.2 Å². The molecule has 2 N–H and O–H groups in total. The Morgan fingerprint density at radius 1 is 1.14 bits per heavy atom. The summed E-state index contributed by atoms with van der Waals surface area (Å²) in [4.78, 5) is 20.4. The van der Waals surface area contributed by atoms with E-state index in [1.165, 1.54) is 29.3 Å². The third kappa shape index (κ3) is 3.44. The molecule has 1 amide bonds. The minimum absolute atomic E-state index is 0.0158. The number of carbonyl (C=O) groups is 1. The van der Waals surface area contributed by atoms with Gasteiger partial charge in [-0.3, -0.25) is 4.79 Å². The third-order valence-corrected chi connectivity index (χ3v) is 7.86. The summed E-state index contributed by atoms with van der Waals surface area (Å²) < 4.78 is 10.8. The number of hydrogen-bond acceptors (Lipinski definition) is 4. The first-order chi connectivity index (χ1) is 17.1. The highest BCUT2D eigenvalue weighted by Crippen LogP contribution is 2.40. The molecule has 180 valence electrons. The zero-order valence-corrected chi connectivity index (χ0v) is 20.2. The molecule has 4 heterocycles. The van der Waals surface area contributed by atoms with E-state index in [4.69, 9.17) is 15.5 Å². The zero-order valence-electron chi connectivity index (χ0n) is 20.2. The van der Waals surface area contributed by atoms with Gasteiger partial charge in [0.15, 0.2) is 5.82 Å². The van der Waals surface area contributed by atoms with Gasteiger partial charge < -0.3 is 24.5 Å². The molecular formula is C28H31N5O2. The Kier molecular flexibility index (Phi) is 4.71. The smallest absolute Gasteiger partial charge is 0.254 e. The minimum atomic E-state index is 0.0158. The van der Waals surface area contributed by atoms with E-state index >= 15 is 0 Å². The van der Waals surface area contributed by atoms with Crippen LogP contribution in [0.5, 0.6) is 5.75 Å². The second-order valence-corrected chi connectivity index (χ2v) is 10.5. The van der Waals surface area contributed by atoms with E-state index in [1.807, 2.05) is 17.0 Å². The van der Waals surface area contributed by atoms with E-state index in [9.17, 15) is 4.79 Å². The normalized spacial score (nSPS) is 19.9. The molecule has 1 saturated carbocycles. The first-order valence-corrected chi connectivity index (χ1v) is 12.9. The number of nitrogens with two attached hydrogens (primary N) is 1. The third-order valence-electron chi connectivity index (χ3n) is 7.86. The van der Waals surface area contributed by atoms with E-state index in [1.54, 1.807) is 0 Å². The van der Waals surface area contributed by atoms with Gasteiger partial charge in [-0.25, -0.2) is 4.98 Å². The number of benzene rings is 2. The number of fused-ring (bicyclic) bond motifs is 1. The standard InChI is InChI=1S/C28H31N5O2/c1-17-4-2-5-19-13-23(33(25(17)19)15-18-7-8-18)27-30-22-12-20(14-24-26(22)32(27)10-11-35-24)28(34)31-9-3-6-21(29)16-31/h2,4-5,12-14,18,21H,3,6-11,15-16,29H2,1H3. The Morgan fingerprint density at radius 3 is 2.86 bits per heavy atom. The van der Waals surface area contributed by atoms with Crippen molar-refractivity contribution in [1.82, 2.24) is 19.0 Å². The Hall–Kier alpha value is -3.32. The predicted octanol–water partition coefficient (Wildman–Crippen LogP) is 4.33. The van der Waals surface area contributed by atoms with E-state index < -0.39 is 0 Å². The average molecular weight is 470 g/mol. The van der Waals surface area contributed by atoms with Gasteiger partial charge in [-0.2, -0.15) is 0 Å². The number of nitrogens with zero attached hydrogens (tertiary/aromatic N) is 4. The molecule has 7 heteroatoms. The summed E-state index contributed by atoms with van der Waals surface area (Å²) in [7, 11) is 0. The van der Waals surface area contributed by atoms with Crippen molar-refractivity contribution >= 4 is 27.8 Å². The molecule has 2 aliphatic heterocycles. The molecule has 1 atom stereocenters. The Labute approximate surface area is 204 Å². The Balaban J connectivity index is 1.38. The largest absolute Gasteiger partial charge is 0.489 e. The van der Waals surface area contributed by atoms with Gasteiger partial charge in [-0.15, -0.1) is 0 Å². The monoisotopic (exact) mass is 469 g/mol. The molecule has 3 aliphatic rings. The number of para-hydroxylation sites is 1. The summed E-state index contributed by atoms with van der Waals surface area (Å²) in [5, 5.41) is 1.25. The predicted molar refractivity (Wildman–Crippen MR) is 137 cm³/mol. The van der Waals surface area contributed by atoms with Crippen LogP contribution in [0.1, 0.15) is 41.6 Å². The molecule has 0 spiro atoms. The molecule has 1 unspecified atom stereocenters. The fourth-order valence-electron chi connectivity index (χ4n) is 5.95. The first kappa shape index (κ1) is 21.0. The van der Waals surface area contributed by atoms with E-state index in [-0.39, 0.29) is 11.9 Å². The van der Waals surface area contributed by atoms with Gasteiger partial charge in [0.25, 0.3) is 5.91 Å². The van der Waals surface area contributed by atoms with E-state index in [0.29, 0.717) is 18.7 Å². The summed E-state index contributed by atoms with van der Waals surface area (Å²) in [6, 6.07) is 12.7. The number of aryl methyl sites for hydroxylation is 1. The molecule has 7 rings (SSSR count). The van der Waals surface area contributed by atoms with Gasteiger partial charge in [0.05, 0.1) is 23.3 Å². The molecular weight excluding hydrogens is 438 g/mol. The minimum Gasteiger partial charge on any atom is -0.489 e. The number of ether oxygens (including phenoxy) is 1. The highest BCUT2D eigenvalue weighted by Gasteiger charge is 2.29. The van der Waals surface area contributed by atoms with Crippen LogP contribution >= 0.6 is 0 Å². The molecule has 1 aliphatic carbocycles. The number of carbonyl (C=O) groups excluding carboxylic acids is 1. The van der Waals surface area contributed by atoms with Crippen molar-refractivity contribution in [3.05, 3.63) is 47.5 Å². The molecule has 35 heavy (non-hydrogen) atoms. The van der Waals surface area contributed by atoms with Gasteiger partial charge >= 0.3 is 0 Å². The zero-order chi connectivity index (χ0) is 23.7. The summed E-state index contributed by atoms with van der Waals surface area (Å²) in [5.74, 6) is 2.47. The van der Waals surface area contributed by atoms with Crippen LogP contribution in [0, 0.1) is 12.8 Å².